The number of rotatable bonds is 3. The molecule has 0 unspecified atom stereocenters. The number of nitrogens with zero attached hydrogens (tertiary/aromatic N) is 1. The second kappa shape index (κ2) is 7.38. The zero-order valence-electron chi connectivity index (χ0n) is 16.8. The average molecular weight is 412 g/mol. The number of amides is 2. The Morgan fingerprint density at radius 1 is 0.966 bits per heavy atom. The first-order chi connectivity index (χ1) is 14.0. The van der Waals surface area contributed by atoms with Gasteiger partial charge in [0.15, 0.2) is 5.11 Å². The van der Waals surface area contributed by atoms with Gasteiger partial charge in [0.1, 0.15) is 0 Å². The van der Waals surface area contributed by atoms with Crippen molar-refractivity contribution >= 4 is 34.8 Å². The summed E-state index contributed by atoms with van der Waals surface area (Å²) in [6.45, 7) is 1.61. The Kier molecular flexibility index (Phi) is 4.85. The van der Waals surface area contributed by atoms with Crippen LogP contribution in [0.4, 0.5) is 5.69 Å². The summed E-state index contributed by atoms with van der Waals surface area (Å²) in [5.74, 6) is 2.25. The zero-order valence-corrected chi connectivity index (χ0v) is 17.6. The topological polar surface area (TPSA) is 61.4 Å². The van der Waals surface area contributed by atoms with Gasteiger partial charge in [0.25, 0.3) is 5.91 Å². The lowest BCUT2D eigenvalue weighted by molar-refractivity contribution is -0.144. The predicted octanol–water partition coefficient (Wildman–Crippen LogP) is 3.95. The number of hydrogen-bond donors (Lipinski definition) is 2. The first kappa shape index (κ1) is 19.0. The van der Waals surface area contributed by atoms with E-state index >= 15 is 0 Å². The maximum absolute atomic E-state index is 13.2. The molecule has 5 nitrogen and oxygen atoms in total. The fourth-order valence-corrected chi connectivity index (χ4v) is 6.85. The molecule has 5 aliphatic rings. The fraction of sp³-hybridized carbons (Fsp3) is 0.609. The van der Waals surface area contributed by atoms with Crippen LogP contribution in [0.3, 0.4) is 0 Å². The minimum Gasteiger partial charge on any atom is -0.339 e. The lowest BCUT2D eigenvalue weighted by atomic mass is 9.49. The van der Waals surface area contributed by atoms with Crippen molar-refractivity contribution in [2.75, 3.05) is 18.4 Å². The largest absolute Gasteiger partial charge is 0.339 e. The van der Waals surface area contributed by atoms with E-state index in [1.807, 2.05) is 29.2 Å². The van der Waals surface area contributed by atoms with Crippen LogP contribution in [-0.4, -0.2) is 34.9 Å². The van der Waals surface area contributed by atoms with Gasteiger partial charge in [0.2, 0.25) is 5.91 Å². The molecule has 0 atom stereocenters. The van der Waals surface area contributed by atoms with E-state index in [9.17, 15) is 9.59 Å². The molecule has 4 aliphatic carbocycles. The summed E-state index contributed by atoms with van der Waals surface area (Å²) in [7, 11) is 0. The van der Waals surface area contributed by atoms with Crippen molar-refractivity contribution in [3.63, 3.8) is 0 Å². The molecule has 2 N–H and O–H groups in total. The van der Waals surface area contributed by atoms with Gasteiger partial charge in [-0.2, -0.15) is 0 Å². The van der Waals surface area contributed by atoms with Crippen LogP contribution in [0, 0.1) is 23.2 Å². The number of anilines is 1. The number of carbonyl (C=O) groups is 2. The molecule has 1 aromatic rings. The molecule has 0 aromatic heterocycles. The molecule has 6 rings (SSSR count). The number of likely N-dealkylation sites (tertiary alicyclic amines) is 1. The highest BCUT2D eigenvalue weighted by atomic mass is 32.1. The molecular formula is C23H29N3O2S. The molecule has 2 amide bonds. The van der Waals surface area contributed by atoms with Gasteiger partial charge in [-0.15, -0.1) is 0 Å². The predicted molar refractivity (Wildman–Crippen MR) is 117 cm³/mol. The third kappa shape index (κ3) is 3.56. The molecule has 154 valence electrons. The van der Waals surface area contributed by atoms with Gasteiger partial charge in [0, 0.05) is 13.1 Å². The van der Waals surface area contributed by atoms with Gasteiger partial charge < -0.3 is 15.5 Å². The van der Waals surface area contributed by atoms with Crippen molar-refractivity contribution in [1.82, 2.24) is 10.2 Å². The normalized spacial score (nSPS) is 32.3. The van der Waals surface area contributed by atoms with Crippen molar-refractivity contribution < 1.29 is 9.59 Å². The number of hydrogen-bond acceptors (Lipinski definition) is 3. The second-order valence-electron chi connectivity index (χ2n) is 9.65. The fourth-order valence-electron chi connectivity index (χ4n) is 6.65. The van der Waals surface area contributed by atoms with E-state index < -0.39 is 0 Å². The van der Waals surface area contributed by atoms with Crippen LogP contribution in [0.5, 0.6) is 0 Å². The smallest absolute Gasteiger partial charge is 0.255 e. The summed E-state index contributed by atoms with van der Waals surface area (Å²) in [5, 5.41) is 6.41. The Labute approximate surface area is 177 Å². The SMILES string of the molecule is O=C(c1ccccc1NC(=S)NC(=O)C12CC3CC(CC(C3)C1)C2)N1CCCC1. The standard InChI is InChI=1S/C23H29N3O2S/c27-20(26-7-3-4-8-26)18-5-1-2-6-19(18)24-22(29)25-21(28)23-12-15-9-16(13-23)11-17(10-15)14-23/h1-2,5-6,15-17H,3-4,7-14H2,(H2,24,25,28,29). The van der Waals surface area contributed by atoms with E-state index in [1.165, 1.54) is 19.3 Å². The number of carbonyl (C=O) groups excluding carboxylic acids is 2. The molecule has 29 heavy (non-hydrogen) atoms. The van der Waals surface area contributed by atoms with Crippen molar-refractivity contribution in [3.8, 4) is 0 Å². The van der Waals surface area contributed by atoms with Gasteiger partial charge in [-0.1, -0.05) is 12.1 Å². The summed E-state index contributed by atoms with van der Waals surface area (Å²) >= 11 is 5.48. The minimum atomic E-state index is -0.231. The molecule has 1 saturated heterocycles. The molecular weight excluding hydrogens is 382 g/mol. The van der Waals surface area contributed by atoms with Crippen LogP contribution < -0.4 is 10.6 Å². The zero-order chi connectivity index (χ0) is 20.0. The van der Waals surface area contributed by atoms with Crippen molar-refractivity contribution in [2.24, 2.45) is 23.2 Å². The number of thiocarbonyl (C=S) groups is 1. The maximum Gasteiger partial charge on any atom is 0.255 e. The molecule has 4 bridgehead atoms. The van der Waals surface area contributed by atoms with Gasteiger partial charge in [-0.3, -0.25) is 9.59 Å². The Balaban J connectivity index is 1.27. The highest BCUT2D eigenvalue weighted by Gasteiger charge is 2.54. The van der Waals surface area contributed by atoms with Crippen LogP contribution in [0.2, 0.25) is 0 Å². The molecule has 1 heterocycles. The highest BCUT2D eigenvalue weighted by molar-refractivity contribution is 7.80. The van der Waals surface area contributed by atoms with E-state index in [2.05, 4.69) is 10.6 Å². The van der Waals surface area contributed by atoms with E-state index in [4.69, 9.17) is 12.2 Å². The lowest BCUT2D eigenvalue weighted by Crippen LogP contribution is -2.55. The van der Waals surface area contributed by atoms with Crippen molar-refractivity contribution in [3.05, 3.63) is 29.8 Å². The first-order valence-electron chi connectivity index (χ1n) is 11.0. The maximum atomic E-state index is 13.2. The van der Waals surface area contributed by atoms with Crippen molar-refractivity contribution in [2.45, 2.75) is 51.4 Å². The Morgan fingerprint density at radius 3 is 2.17 bits per heavy atom. The molecule has 1 aliphatic heterocycles. The third-order valence-corrected chi connectivity index (χ3v) is 7.75. The van der Waals surface area contributed by atoms with Gasteiger partial charge in [0.05, 0.1) is 16.7 Å². The third-order valence-electron chi connectivity index (χ3n) is 7.55. The van der Waals surface area contributed by atoms with E-state index in [-0.39, 0.29) is 17.2 Å². The first-order valence-corrected chi connectivity index (χ1v) is 11.4. The molecule has 4 saturated carbocycles. The lowest BCUT2D eigenvalue weighted by Gasteiger charge is -2.55. The molecule has 0 spiro atoms. The van der Waals surface area contributed by atoms with Crippen LogP contribution in [0.15, 0.2) is 24.3 Å². The Bertz CT molecular complexity index is 811. The highest BCUT2D eigenvalue weighted by Crippen LogP contribution is 2.60. The minimum absolute atomic E-state index is 0.0285. The van der Waals surface area contributed by atoms with E-state index in [0.717, 1.165) is 45.2 Å². The number of benzene rings is 1. The summed E-state index contributed by atoms with van der Waals surface area (Å²) in [6, 6.07) is 7.43. The molecule has 6 heteroatoms. The number of nitrogens with one attached hydrogen (secondary N) is 2. The summed E-state index contributed by atoms with van der Waals surface area (Å²) < 4.78 is 0. The van der Waals surface area contributed by atoms with Gasteiger partial charge >= 0.3 is 0 Å². The van der Waals surface area contributed by atoms with E-state index in [1.54, 1.807) is 0 Å². The van der Waals surface area contributed by atoms with Crippen LogP contribution >= 0.6 is 12.2 Å². The quantitative estimate of drug-likeness (QED) is 0.740. The molecule has 5 fully saturated rings. The van der Waals surface area contributed by atoms with Crippen molar-refractivity contribution in [1.29, 1.82) is 0 Å². The Hall–Kier alpha value is -1.95. The van der Waals surface area contributed by atoms with Crippen LogP contribution in [0.1, 0.15) is 61.7 Å². The van der Waals surface area contributed by atoms with Crippen LogP contribution in [-0.2, 0) is 4.79 Å². The van der Waals surface area contributed by atoms with Gasteiger partial charge in [-0.25, -0.2) is 0 Å². The molecule has 0 radical (unpaired) electrons. The summed E-state index contributed by atoms with van der Waals surface area (Å²) in [4.78, 5) is 28.0. The Morgan fingerprint density at radius 2 is 1.55 bits per heavy atom. The summed E-state index contributed by atoms with van der Waals surface area (Å²) in [5.41, 5.74) is 1.05. The van der Waals surface area contributed by atoms with E-state index in [0.29, 0.717) is 34.1 Å². The second-order valence-corrected chi connectivity index (χ2v) is 10.1. The summed E-state index contributed by atoms with van der Waals surface area (Å²) in [6.07, 6.45) is 9.07. The molecule has 1 aromatic carbocycles. The average Bonchev–Trinajstić information content (AvgIpc) is 3.21. The monoisotopic (exact) mass is 411 g/mol. The number of para-hydroxylation sites is 1. The van der Waals surface area contributed by atoms with Crippen LogP contribution in [0.25, 0.3) is 0 Å². The van der Waals surface area contributed by atoms with Gasteiger partial charge in [-0.05, 0) is 93.5 Å².